The molecular weight excluding hydrogens is 228 g/mol. The first-order valence-electron chi connectivity index (χ1n) is 7.32. The molecule has 3 heteroatoms. The second-order valence-corrected chi connectivity index (χ2v) is 5.40. The number of Topliss-reactive ketones (excluding diaryl/α,β-unsaturated/α-hetero) is 1. The Morgan fingerprint density at radius 3 is 2.28 bits per heavy atom. The average molecular weight is 254 g/mol. The molecule has 0 bridgehead atoms. The van der Waals surface area contributed by atoms with Crippen molar-refractivity contribution in [2.45, 2.75) is 71.6 Å². The zero-order valence-electron chi connectivity index (χ0n) is 11.8. The van der Waals surface area contributed by atoms with Crippen LogP contribution >= 0.6 is 0 Å². The van der Waals surface area contributed by atoms with E-state index in [1.807, 2.05) is 0 Å². The molecule has 0 aliphatic carbocycles. The summed E-state index contributed by atoms with van der Waals surface area (Å²) in [7, 11) is 0. The van der Waals surface area contributed by atoms with E-state index in [1.165, 1.54) is 39.0 Å². The standard InChI is InChI=1S/C15H26O3/c1-3-4-5-6-7-8-9-10-15(13(2)16)11-12-18-14(15)17/h3-12H2,1-2H3. The van der Waals surface area contributed by atoms with Crippen molar-refractivity contribution >= 4 is 11.8 Å². The van der Waals surface area contributed by atoms with Crippen molar-refractivity contribution in [2.24, 2.45) is 5.41 Å². The third kappa shape index (κ3) is 3.82. The van der Waals surface area contributed by atoms with E-state index in [-0.39, 0.29) is 11.8 Å². The lowest BCUT2D eigenvalue weighted by Crippen LogP contribution is -2.34. The molecule has 0 aromatic heterocycles. The van der Waals surface area contributed by atoms with Gasteiger partial charge >= 0.3 is 5.97 Å². The fraction of sp³-hybridized carbons (Fsp3) is 0.867. The molecule has 1 heterocycles. The third-order valence-corrected chi connectivity index (χ3v) is 4.03. The smallest absolute Gasteiger partial charge is 0.319 e. The topological polar surface area (TPSA) is 43.4 Å². The number of cyclic esters (lactones) is 1. The molecule has 3 nitrogen and oxygen atoms in total. The molecule has 1 aliphatic heterocycles. The molecule has 1 aliphatic rings. The molecule has 0 amide bonds. The fourth-order valence-corrected chi connectivity index (χ4v) is 2.66. The Bertz CT molecular complexity index is 285. The first-order chi connectivity index (χ1) is 8.63. The Morgan fingerprint density at radius 2 is 1.78 bits per heavy atom. The average Bonchev–Trinajstić information content (AvgIpc) is 2.71. The van der Waals surface area contributed by atoms with Gasteiger partial charge < -0.3 is 4.74 Å². The minimum absolute atomic E-state index is 0.0176. The minimum atomic E-state index is -0.802. The maximum Gasteiger partial charge on any atom is 0.319 e. The van der Waals surface area contributed by atoms with Crippen LogP contribution in [0, 0.1) is 5.41 Å². The van der Waals surface area contributed by atoms with E-state index in [0.717, 1.165) is 12.8 Å². The zero-order chi connectivity index (χ0) is 13.4. The van der Waals surface area contributed by atoms with E-state index in [0.29, 0.717) is 19.4 Å². The van der Waals surface area contributed by atoms with Gasteiger partial charge in [-0.25, -0.2) is 0 Å². The van der Waals surface area contributed by atoms with Crippen LogP contribution in [0.1, 0.15) is 71.6 Å². The number of carbonyl (C=O) groups excluding carboxylic acids is 2. The highest BCUT2D eigenvalue weighted by Gasteiger charge is 2.47. The van der Waals surface area contributed by atoms with Gasteiger partial charge in [0.25, 0.3) is 0 Å². The summed E-state index contributed by atoms with van der Waals surface area (Å²) in [6.07, 6.45) is 9.69. The van der Waals surface area contributed by atoms with Crippen molar-refractivity contribution in [3.05, 3.63) is 0 Å². The summed E-state index contributed by atoms with van der Waals surface area (Å²) in [5.74, 6) is -0.308. The number of unbranched alkanes of at least 4 members (excludes halogenated alkanes) is 6. The van der Waals surface area contributed by atoms with Crippen LogP contribution < -0.4 is 0 Å². The van der Waals surface area contributed by atoms with E-state index < -0.39 is 5.41 Å². The molecular formula is C15H26O3. The molecule has 1 saturated heterocycles. The molecule has 0 aromatic carbocycles. The molecule has 104 valence electrons. The number of ether oxygens (including phenoxy) is 1. The lowest BCUT2D eigenvalue weighted by atomic mass is 9.78. The van der Waals surface area contributed by atoms with Gasteiger partial charge in [-0.1, -0.05) is 51.9 Å². The summed E-state index contributed by atoms with van der Waals surface area (Å²) < 4.78 is 4.98. The Kier molecular flexibility index (Phi) is 6.37. The Morgan fingerprint density at radius 1 is 1.17 bits per heavy atom. The molecule has 0 aromatic rings. The van der Waals surface area contributed by atoms with E-state index in [2.05, 4.69) is 6.92 Å². The Labute approximate surface area is 110 Å². The van der Waals surface area contributed by atoms with Gasteiger partial charge in [-0.3, -0.25) is 9.59 Å². The monoisotopic (exact) mass is 254 g/mol. The fourth-order valence-electron chi connectivity index (χ4n) is 2.66. The molecule has 1 atom stereocenters. The van der Waals surface area contributed by atoms with Gasteiger partial charge in [-0.05, 0) is 13.3 Å². The zero-order valence-corrected chi connectivity index (χ0v) is 11.8. The summed E-state index contributed by atoms with van der Waals surface area (Å²) in [6, 6.07) is 0. The number of esters is 1. The number of hydrogen-bond acceptors (Lipinski definition) is 3. The van der Waals surface area contributed by atoms with Crippen molar-refractivity contribution < 1.29 is 14.3 Å². The van der Waals surface area contributed by atoms with Crippen LogP contribution in [0.2, 0.25) is 0 Å². The van der Waals surface area contributed by atoms with Gasteiger partial charge in [0.1, 0.15) is 11.2 Å². The van der Waals surface area contributed by atoms with Crippen molar-refractivity contribution in [3.8, 4) is 0 Å². The molecule has 1 unspecified atom stereocenters. The highest BCUT2D eigenvalue weighted by atomic mass is 16.5. The Hall–Kier alpha value is -0.860. The van der Waals surface area contributed by atoms with Gasteiger partial charge in [-0.15, -0.1) is 0 Å². The molecule has 18 heavy (non-hydrogen) atoms. The second-order valence-electron chi connectivity index (χ2n) is 5.40. The van der Waals surface area contributed by atoms with Crippen LogP contribution in [0.15, 0.2) is 0 Å². The summed E-state index contributed by atoms with van der Waals surface area (Å²) in [5.41, 5.74) is -0.802. The van der Waals surface area contributed by atoms with Gasteiger partial charge in [0.05, 0.1) is 6.61 Å². The van der Waals surface area contributed by atoms with Crippen molar-refractivity contribution in [1.82, 2.24) is 0 Å². The van der Waals surface area contributed by atoms with Crippen LogP contribution in [0.3, 0.4) is 0 Å². The predicted molar refractivity (Wildman–Crippen MR) is 71.3 cm³/mol. The normalized spacial score (nSPS) is 23.1. The van der Waals surface area contributed by atoms with Gasteiger partial charge in [0, 0.05) is 6.42 Å². The van der Waals surface area contributed by atoms with Crippen LogP contribution in [-0.4, -0.2) is 18.4 Å². The molecule has 0 N–H and O–H groups in total. The first-order valence-corrected chi connectivity index (χ1v) is 7.32. The Balaban J connectivity index is 2.23. The number of carbonyl (C=O) groups is 2. The lowest BCUT2D eigenvalue weighted by molar-refractivity contribution is -0.151. The molecule has 0 radical (unpaired) electrons. The largest absolute Gasteiger partial charge is 0.465 e. The summed E-state index contributed by atoms with van der Waals surface area (Å²) in [6.45, 7) is 4.14. The first kappa shape index (κ1) is 15.2. The molecule has 0 saturated carbocycles. The van der Waals surface area contributed by atoms with Gasteiger partial charge in [0.15, 0.2) is 0 Å². The highest BCUT2D eigenvalue weighted by molar-refractivity contribution is 6.03. The number of hydrogen-bond donors (Lipinski definition) is 0. The lowest BCUT2D eigenvalue weighted by Gasteiger charge is -2.20. The number of rotatable bonds is 9. The van der Waals surface area contributed by atoms with Crippen LogP contribution in [0.25, 0.3) is 0 Å². The highest BCUT2D eigenvalue weighted by Crippen LogP contribution is 2.36. The van der Waals surface area contributed by atoms with Crippen molar-refractivity contribution in [2.75, 3.05) is 6.61 Å². The van der Waals surface area contributed by atoms with E-state index in [4.69, 9.17) is 4.74 Å². The SMILES string of the molecule is CCCCCCCCCC1(C(C)=O)CCOC1=O. The third-order valence-electron chi connectivity index (χ3n) is 4.03. The number of ketones is 1. The summed E-state index contributed by atoms with van der Waals surface area (Å²) in [5, 5.41) is 0. The summed E-state index contributed by atoms with van der Waals surface area (Å²) in [4.78, 5) is 23.4. The van der Waals surface area contributed by atoms with Crippen molar-refractivity contribution in [3.63, 3.8) is 0 Å². The van der Waals surface area contributed by atoms with Crippen LogP contribution in [0.4, 0.5) is 0 Å². The van der Waals surface area contributed by atoms with Crippen LogP contribution in [0.5, 0.6) is 0 Å². The minimum Gasteiger partial charge on any atom is -0.465 e. The molecule has 1 fully saturated rings. The van der Waals surface area contributed by atoms with Crippen LogP contribution in [-0.2, 0) is 14.3 Å². The quantitative estimate of drug-likeness (QED) is 0.358. The molecule has 0 spiro atoms. The second kappa shape index (κ2) is 7.55. The van der Waals surface area contributed by atoms with Gasteiger partial charge in [0.2, 0.25) is 0 Å². The van der Waals surface area contributed by atoms with E-state index >= 15 is 0 Å². The predicted octanol–water partition coefficient (Wildman–Crippen LogP) is 3.65. The van der Waals surface area contributed by atoms with E-state index in [1.54, 1.807) is 0 Å². The maximum atomic E-state index is 11.7. The van der Waals surface area contributed by atoms with Crippen molar-refractivity contribution in [1.29, 1.82) is 0 Å². The summed E-state index contributed by atoms with van der Waals surface area (Å²) >= 11 is 0. The maximum absolute atomic E-state index is 11.7. The van der Waals surface area contributed by atoms with Gasteiger partial charge in [-0.2, -0.15) is 0 Å². The van der Waals surface area contributed by atoms with E-state index in [9.17, 15) is 9.59 Å². The molecule has 1 rings (SSSR count).